The third-order valence-electron chi connectivity index (χ3n) is 1.44. The van der Waals surface area contributed by atoms with Crippen LogP contribution in [0.4, 0.5) is 8.78 Å². The van der Waals surface area contributed by atoms with Gasteiger partial charge in [0.1, 0.15) is 0 Å². The van der Waals surface area contributed by atoms with E-state index >= 15 is 0 Å². The number of halogens is 2. The molecule has 0 saturated carbocycles. The molecule has 0 heterocycles. The number of hydrogen-bond acceptors (Lipinski definition) is 3. The highest BCUT2D eigenvalue weighted by Crippen LogP contribution is 2.20. The highest BCUT2D eigenvalue weighted by Gasteiger charge is 2.25. The van der Waals surface area contributed by atoms with Crippen LogP contribution in [-0.2, 0) is 10.4 Å². The molecule has 0 spiro atoms. The lowest BCUT2D eigenvalue weighted by molar-refractivity contribution is -0.303. The van der Waals surface area contributed by atoms with Gasteiger partial charge in [0.05, 0.1) is 0 Å². The molecule has 13 heavy (non-hydrogen) atoms. The van der Waals surface area contributed by atoms with Crippen LogP contribution < -0.4 is 0 Å². The third kappa shape index (κ3) is 2.10. The van der Waals surface area contributed by atoms with E-state index in [4.69, 9.17) is 10.2 Å². The van der Waals surface area contributed by atoms with Gasteiger partial charge in [-0.2, -0.15) is 0 Å². The molecule has 69 valence electrons. The first-order chi connectivity index (χ1) is 5.97. The minimum atomic E-state index is -2.68. The normalized spacial score (nSPS) is 11.8. The molecular formula is C7H5F2O3Si. The van der Waals surface area contributed by atoms with Gasteiger partial charge in [-0.05, 0) is 18.2 Å². The standard InChI is InChI=1S/C7H5F2O3Si/c8-5-2-1-4(3-6(5)9)7(10,11)12-13/h1-3,10-11H. The summed E-state index contributed by atoms with van der Waals surface area (Å²) in [6.45, 7) is 0. The van der Waals surface area contributed by atoms with Gasteiger partial charge in [0.15, 0.2) is 11.6 Å². The van der Waals surface area contributed by atoms with Crippen LogP contribution in [0.25, 0.3) is 0 Å². The summed E-state index contributed by atoms with van der Waals surface area (Å²) >= 11 is 0. The van der Waals surface area contributed by atoms with E-state index in [1.165, 1.54) is 0 Å². The van der Waals surface area contributed by atoms with Gasteiger partial charge in [-0.25, -0.2) is 8.78 Å². The molecule has 0 amide bonds. The second kappa shape index (κ2) is 3.50. The molecule has 0 aromatic heterocycles. The van der Waals surface area contributed by atoms with Crippen LogP contribution in [0.1, 0.15) is 5.56 Å². The van der Waals surface area contributed by atoms with Crippen LogP contribution in [0, 0.1) is 11.6 Å². The summed E-state index contributed by atoms with van der Waals surface area (Å²) in [6, 6.07) is 2.37. The van der Waals surface area contributed by atoms with Crippen LogP contribution in [0.5, 0.6) is 0 Å². The Hall–Kier alpha value is -0.823. The molecule has 1 aromatic rings. The summed E-state index contributed by atoms with van der Waals surface area (Å²) in [4.78, 5) is 0. The van der Waals surface area contributed by atoms with E-state index in [0.717, 1.165) is 12.1 Å². The SMILES string of the molecule is OC(O)(O[Si])c1ccc(F)c(F)c1. The predicted octanol–water partition coefficient (Wildman–Crippen LogP) is 0.160. The summed E-state index contributed by atoms with van der Waals surface area (Å²) in [5.41, 5.74) is -0.318. The Bertz CT molecular complexity index is 317. The molecule has 0 fully saturated rings. The van der Waals surface area contributed by atoms with Crippen LogP contribution in [-0.4, -0.2) is 20.7 Å². The van der Waals surface area contributed by atoms with Crippen molar-refractivity contribution in [1.82, 2.24) is 0 Å². The molecule has 0 atom stereocenters. The fourth-order valence-electron chi connectivity index (χ4n) is 0.758. The van der Waals surface area contributed by atoms with Gasteiger partial charge in [0, 0.05) is 5.56 Å². The van der Waals surface area contributed by atoms with Crippen molar-refractivity contribution in [2.75, 3.05) is 0 Å². The average Bonchev–Trinajstić information content (AvgIpc) is 2.09. The zero-order valence-electron chi connectivity index (χ0n) is 6.29. The quantitative estimate of drug-likeness (QED) is 0.531. The average molecular weight is 203 g/mol. The van der Waals surface area contributed by atoms with E-state index in [-0.39, 0.29) is 5.56 Å². The molecule has 2 N–H and O–H groups in total. The van der Waals surface area contributed by atoms with Gasteiger partial charge in [-0.15, -0.1) is 0 Å². The maximum Gasteiger partial charge on any atom is 0.297 e. The second-order valence-corrected chi connectivity index (χ2v) is 2.54. The van der Waals surface area contributed by atoms with Crippen molar-refractivity contribution in [2.45, 2.75) is 5.97 Å². The van der Waals surface area contributed by atoms with Crippen LogP contribution >= 0.6 is 0 Å². The summed E-state index contributed by atoms with van der Waals surface area (Å²) in [5, 5.41) is 18.0. The molecular weight excluding hydrogens is 198 g/mol. The van der Waals surface area contributed by atoms with Gasteiger partial charge < -0.3 is 14.6 Å². The van der Waals surface area contributed by atoms with Gasteiger partial charge in [0.25, 0.3) is 16.5 Å². The lowest BCUT2D eigenvalue weighted by Crippen LogP contribution is -2.27. The summed E-state index contributed by atoms with van der Waals surface area (Å²) in [5.74, 6) is -4.94. The van der Waals surface area contributed by atoms with Crippen molar-refractivity contribution < 1.29 is 23.4 Å². The third-order valence-corrected chi connectivity index (χ3v) is 1.72. The summed E-state index contributed by atoms with van der Waals surface area (Å²) < 4.78 is 29.0. The highest BCUT2D eigenvalue weighted by atomic mass is 28.2. The Kier molecular flexibility index (Phi) is 2.76. The molecule has 0 bridgehead atoms. The van der Waals surface area contributed by atoms with Crippen molar-refractivity contribution in [3.63, 3.8) is 0 Å². The fraction of sp³-hybridized carbons (Fsp3) is 0.143. The first kappa shape index (κ1) is 10.3. The number of aliphatic hydroxyl groups is 2. The first-order valence-electron chi connectivity index (χ1n) is 3.22. The van der Waals surface area contributed by atoms with Gasteiger partial charge >= 0.3 is 0 Å². The maximum absolute atomic E-state index is 12.6. The first-order valence-corrected chi connectivity index (χ1v) is 3.63. The Morgan fingerprint density at radius 1 is 1.23 bits per heavy atom. The zero-order valence-corrected chi connectivity index (χ0v) is 7.29. The second-order valence-electron chi connectivity index (χ2n) is 2.34. The van der Waals surface area contributed by atoms with Gasteiger partial charge in [0.2, 0.25) is 0 Å². The van der Waals surface area contributed by atoms with Gasteiger partial charge in [-0.1, -0.05) is 0 Å². The smallest absolute Gasteiger partial charge is 0.297 e. The Balaban J connectivity index is 3.10. The minimum absolute atomic E-state index is 0.318. The van der Waals surface area contributed by atoms with Crippen molar-refractivity contribution >= 4 is 10.5 Å². The maximum atomic E-state index is 12.6. The number of benzene rings is 1. The molecule has 6 heteroatoms. The van der Waals surface area contributed by atoms with Crippen LogP contribution in [0.15, 0.2) is 18.2 Å². The fourth-order valence-corrected chi connectivity index (χ4v) is 0.875. The van der Waals surface area contributed by atoms with E-state index in [1.807, 2.05) is 0 Å². The lowest BCUT2D eigenvalue weighted by Gasteiger charge is -2.19. The largest absolute Gasteiger partial charge is 0.367 e. The molecule has 3 nitrogen and oxygen atoms in total. The van der Waals surface area contributed by atoms with E-state index in [0.29, 0.717) is 6.07 Å². The van der Waals surface area contributed by atoms with E-state index in [1.54, 1.807) is 0 Å². The molecule has 0 aliphatic rings. The predicted molar refractivity (Wildman–Crippen MR) is 39.3 cm³/mol. The minimum Gasteiger partial charge on any atom is -0.367 e. The summed E-state index contributed by atoms with van der Waals surface area (Å²) in [6.07, 6.45) is 0. The zero-order chi connectivity index (χ0) is 10.1. The topological polar surface area (TPSA) is 49.7 Å². The van der Waals surface area contributed by atoms with Crippen molar-refractivity contribution in [3.05, 3.63) is 35.4 Å². The van der Waals surface area contributed by atoms with Crippen molar-refractivity contribution in [1.29, 1.82) is 0 Å². The Morgan fingerprint density at radius 2 is 1.85 bits per heavy atom. The van der Waals surface area contributed by atoms with E-state index in [9.17, 15) is 8.78 Å². The molecule has 0 unspecified atom stereocenters. The molecule has 3 radical (unpaired) electrons. The van der Waals surface area contributed by atoms with E-state index in [2.05, 4.69) is 14.9 Å². The Morgan fingerprint density at radius 3 is 2.31 bits per heavy atom. The molecule has 0 aliphatic heterocycles. The van der Waals surface area contributed by atoms with Gasteiger partial charge in [-0.3, -0.25) is 0 Å². The van der Waals surface area contributed by atoms with Crippen LogP contribution in [0.3, 0.4) is 0 Å². The van der Waals surface area contributed by atoms with Crippen molar-refractivity contribution in [2.24, 2.45) is 0 Å². The van der Waals surface area contributed by atoms with Crippen molar-refractivity contribution in [3.8, 4) is 0 Å². The number of rotatable bonds is 2. The molecule has 1 rings (SSSR count). The monoisotopic (exact) mass is 203 g/mol. The highest BCUT2D eigenvalue weighted by molar-refractivity contribution is 5.98. The Labute approximate surface area is 76.1 Å². The van der Waals surface area contributed by atoms with Crippen LogP contribution in [0.2, 0.25) is 0 Å². The molecule has 0 aliphatic carbocycles. The van der Waals surface area contributed by atoms with E-state index < -0.39 is 17.6 Å². The number of hydrogen-bond donors (Lipinski definition) is 2. The molecule has 1 aromatic carbocycles. The molecule has 0 saturated heterocycles. The lowest BCUT2D eigenvalue weighted by atomic mass is 10.2. The summed E-state index contributed by atoms with van der Waals surface area (Å²) in [7, 11) is 2.38.